The summed E-state index contributed by atoms with van der Waals surface area (Å²) in [5, 5.41) is 7.20. The Morgan fingerprint density at radius 2 is 1.76 bits per heavy atom. The zero-order chi connectivity index (χ0) is 28.5. The SMILES string of the molecule is COc1cc(Cl)cc(C=Nn2c(-c3cc4ccccc4o3)nc3ccccc3c2=O)c1OCc1ccc(Cl)cc1Cl. The van der Waals surface area contributed by atoms with Gasteiger partial charge in [0.2, 0.25) is 5.82 Å². The summed E-state index contributed by atoms with van der Waals surface area (Å²) in [5.41, 5.74) is 2.00. The summed E-state index contributed by atoms with van der Waals surface area (Å²) in [6.07, 6.45) is 1.47. The van der Waals surface area contributed by atoms with Crippen molar-refractivity contribution in [2.75, 3.05) is 7.11 Å². The van der Waals surface area contributed by atoms with Gasteiger partial charge in [0, 0.05) is 37.6 Å². The van der Waals surface area contributed by atoms with Gasteiger partial charge < -0.3 is 13.9 Å². The Morgan fingerprint density at radius 3 is 2.56 bits per heavy atom. The second-order valence-corrected chi connectivity index (χ2v) is 10.3. The number of hydrogen-bond donors (Lipinski definition) is 0. The van der Waals surface area contributed by atoms with Crippen LogP contribution in [-0.4, -0.2) is 23.0 Å². The molecule has 0 radical (unpaired) electrons. The van der Waals surface area contributed by atoms with Gasteiger partial charge in [-0.15, -0.1) is 0 Å². The molecule has 7 nitrogen and oxygen atoms in total. The maximum atomic E-state index is 13.7. The Morgan fingerprint density at radius 1 is 0.951 bits per heavy atom. The summed E-state index contributed by atoms with van der Waals surface area (Å²) >= 11 is 18.8. The normalized spacial score (nSPS) is 11.5. The van der Waals surface area contributed by atoms with Gasteiger partial charge in [0.05, 0.1) is 24.2 Å². The van der Waals surface area contributed by atoms with E-state index in [2.05, 4.69) is 5.10 Å². The van der Waals surface area contributed by atoms with Gasteiger partial charge in [-0.25, -0.2) is 4.98 Å². The predicted molar refractivity (Wildman–Crippen MR) is 163 cm³/mol. The molecule has 0 amide bonds. The maximum absolute atomic E-state index is 13.7. The third-order valence-corrected chi connectivity index (χ3v) is 7.17. The highest BCUT2D eigenvalue weighted by Gasteiger charge is 2.18. The van der Waals surface area contributed by atoms with E-state index in [4.69, 9.17) is 53.7 Å². The molecule has 0 saturated heterocycles. The first-order valence-corrected chi connectivity index (χ1v) is 13.5. The van der Waals surface area contributed by atoms with E-state index in [0.717, 1.165) is 10.9 Å². The quantitative estimate of drug-likeness (QED) is 0.172. The minimum atomic E-state index is -0.369. The topological polar surface area (TPSA) is 78.9 Å². The zero-order valence-electron chi connectivity index (χ0n) is 21.5. The van der Waals surface area contributed by atoms with Crippen LogP contribution in [0.15, 0.2) is 99.2 Å². The Bertz CT molecular complexity index is 1980. The second-order valence-electron chi connectivity index (χ2n) is 9.01. The van der Waals surface area contributed by atoms with E-state index < -0.39 is 0 Å². The predicted octanol–water partition coefficient (Wildman–Crippen LogP) is 8.24. The summed E-state index contributed by atoms with van der Waals surface area (Å²) < 4.78 is 18.9. The number of ether oxygens (including phenoxy) is 2. The molecule has 6 aromatic rings. The van der Waals surface area contributed by atoms with Crippen molar-refractivity contribution in [3.63, 3.8) is 0 Å². The number of nitrogens with zero attached hydrogens (tertiary/aromatic N) is 3. The van der Waals surface area contributed by atoms with Gasteiger partial charge in [0.15, 0.2) is 17.3 Å². The van der Waals surface area contributed by atoms with Gasteiger partial charge in [0.25, 0.3) is 5.56 Å². The monoisotopic (exact) mass is 603 g/mol. The number of para-hydroxylation sites is 2. The first-order chi connectivity index (χ1) is 19.9. The molecular formula is C31H20Cl3N3O4. The molecule has 2 heterocycles. The van der Waals surface area contributed by atoms with E-state index in [1.54, 1.807) is 48.5 Å². The number of methoxy groups -OCH3 is 1. The van der Waals surface area contributed by atoms with E-state index in [1.807, 2.05) is 36.4 Å². The highest BCUT2D eigenvalue weighted by atomic mass is 35.5. The molecule has 4 aromatic carbocycles. The van der Waals surface area contributed by atoms with Crippen molar-refractivity contribution < 1.29 is 13.9 Å². The van der Waals surface area contributed by atoms with Gasteiger partial charge in [-0.2, -0.15) is 9.78 Å². The first-order valence-electron chi connectivity index (χ1n) is 12.4. The number of halogens is 3. The first kappa shape index (κ1) is 26.9. The van der Waals surface area contributed by atoms with Crippen molar-refractivity contribution in [3.8, 4) is 23.1 Å². The van der Waals surface area contributed by atoms with Gasteiger partial charge in [-0.05, 0) is 42.5 Å². The van der Waals surface area contributed by atoms with Crippen molar-refractivity contribution in [1.82, 2.24) is 9.66 Å². The van der Waals surface area contributed by atoms with Crippen LogP contribution in [0.2, 0.25) is 15.1 Å². The molecule has 0 fully saturated rings. The number of rotatable bonds is 7. The molecule has 0 spiro atoms. The second kappa shape index (κ2) is 11.3. The lowest BCUT2D eigenvalue weighted by atomic mass is 10.2. The molecule has 2 aromatic heterocycles. The molecule has 0 atom stereocenters. The van der Waals surface area contributed by atoms with Crippen LogP contribution in [0, 0.1) is 0 Å². The molecule has 0 saturated carbocycles. The largest absolute Gasteiger partial charge is 0.493 e. The number of fused-ring (bicyclic) bond motifs is 2. The third-order valence-electron chi connectivity index (χ3n) is 6.37. The maximum Gasteiger partial charge on any atom is 0.282 e. The van der Waals surface area contributed by atoms with Crippen LogP contribution in [0.1, 0.15) is 11.1 Å². The van der Waals surface area contributed by atoms with Gasteiger partial charge in [-0.1, -0.05) is 71.2 Å². The lowest BCUT2D eigenvalue weighted by molar-refractivity contribution is 0.284. The van der Waals surface area contributed by atoms with Gasteiger partial charge in [-0.3, -0.25) is 4.79 Å². The van der Waals surface area contributed by atoms with Crippen molar-refractivity contribution in [1.29, 1.82) is 0 Å². The average molecular weight is 605 g/mol. The summed E-state index contributed by atoms with van der Waals surface area (Å²) in [7, 11) is 1.51. The molecule has 0 N–H and O–H groups in total. The number of benzene rings is 4. The van der Waals surface area contributed by atoms with Gasteiger partial charge >= 0.3 is 0 Å². The Balaban J connectivity index is 1.47. The summed E-state index contributed by atoms with van der Waals surface area (Å²) in [6, 6.07) is 24.9. The van der Waals surface area contributed by atoms with Crippen LogP contribution in [0.4, 0.5) is 0 Å². The third kappa shape index (κ3) is 5.39. The lowest BCUT2D eigenvalue weighted by Gasteiger charge is -2.15. The Hall–Kier alpha value is -4.30. The van der Waals surface area contributed by atoms with Crippen LogP contribution >= 0.6 is 34.8 Å². The fourth-order valence-electron chi connectivity index (χ4n) is 4.38. The molecular weight excluding hydrogens is 585 g/mol. The summed E-state index contributed by atoms with van der Waals surface area (Å²) in [5.74, 6) is 1.37. The van der Waals surface area contributed by atoms with E-state index in [1.165, 1.54) is 18.0 Å². The van der Waals surface area contributed by atoms with E-state index in [-0.39, 0.29) is 18.0 Å². The molecule has 0 unspecified atom stereocenters. The number of furan rings is 1. The van der Waals surface area contributed by atoms with Crippen LogP contribution in [0.3, 0.4) is 0 Å². The van der Waals surface area contributed by atoms with E-state index in [0.29, 0.717) is 54.4 Å². The summed E-state index contributed by atoms with van der Waals surface area (Å²) in [6.45, 7) is 0.122. The fourth-order valence-corrected chi connectivity index (χ4v) is 5.06. The number of hydrogen-bond acceptors (Lipinski definition) is 6. The van der Waals surface area contributed by atoms with Crippen molar-refractivity contribution >= 4 is 62.9 Å². The molecule has 0 bridgehead atoms. The van der Waals surface area contributed by atoms with Crippen molar-refractivity contribution in [2.24, 2.45) is 5.10 Å². The van der Waals surface area contributed by atoms with Crippen molar-refractivity contribution in [3.05, 3.63) is 121 Å². The minimum absolute atomic E-state index is 0.122. The fraction of sp³-hybridized carbons (Fsp3) is 0.0645. The minimum Gasteiger partial charge on any atom is -0.493 e. The van der Waals surface area contributed by atoms with E-state index >= 15 is 0 Å². The van der Waals surface area contributed by atoms with Crippen LogP contribution in [0.25, 0.3) is 33.5 Å². The Labute approximate surface area is 249 Å². The smallest absolute Gasteiger partial charge is 0.282 e. The molecule has 41 heavy (non-hydrogen) atoms. The lowest BCUT2D eigenvalue weighted by Crippen LogP contribution is -2.20. The molecule has 10 heteroatoms. The molecule has 0 aliphatic carbocycles. The van der Waals surface area contributed by atoms with Crippen LogP contribution < -0.4 is 15.0 Å². The zero-order valence-corrected chi connectivity index (χ0v) is 23.7. The van der Waals surface area contributed by atoms with Gasteiger partial charge in [0.1, 0.15) is 12.2 Å². The highest BCUT2D eigenvalue weighted by molar-refractivity contribution is 6.35. The average Bonchev–Trinajstić information content (AvgIpc) is 3.41. The van der Waals surface area contributed by atoms with Crippen LogP contribution in [0.5, 0.6) is 11.5 Å². The van der Waals surface area contributed by atoms with Crippen molar-refractivity contribution in [2.45, 2.75) is 6.61 Å². The van der Waals surface area contributed by atoms with E-state index in [9.17, 15) is 4.79 Å². The molecule has 204 valence electrons. The standard InChI is InChI=1S/C31H20Cl3N3O4/c1-39-27-15-22(33)12-20(29(27)40-17-19-10-11-21(32)14-24(19)34)16-35-37-30(28-13-18-6-2-5-9-26(18)41-28)36-25-8-4-3-7-23(25)31(37)38/h2-16H,17H2,1H3. The summed E-state index contributed by atoms with van der Waals surface area (Å²) in [4.78, 5) is 18.4. The molecule has 6 rings (SSSR count). The number of aromatic nitrogens is 2. The van der Waals surface area contributed by atoms with Crippen LogP contribution in [-0.2, 0) is 6.61 Å². The molecule has 0 aliphatic rings. The molecule has 0 aliphatic heterocycles. The Kier molecular flexibility index (Phi) is 7.41. The highest BCUT2D eigenvalue weighted by Crippen LogP contribution is 2.35.